The minimum atomic E-state index is -1.87. The molecule has 362 valence electrons. The first-order valence-electron chi connectivity index (χ1n) is 22.2. The Morgan fingerprint density at radius 2 is 0.851 bits per heavy atom. The lowest BCUT2D eigenvalue weighted by atomic mass is 9.95. The summed E-state index contributed by atoms with van der Waals surface area (Å²) >= 11 is 0. The lowest BCUT2D eigenvalue weighted by Crippen LogP contribution is -2.67. The van der Waals surface area contributed by atoms with Gasteiger partial charge >= 0.3 is 41.8 Å². The van der Waals surface area contributed by atoms with Gasteiger partial charge < -0.3 is 52.1 Å². The molecule has 2 fully saturated rings. The van der Waals surface area contributed by atoms with Gasteiger partial charge in [0.25, 0.3) is 0 Å². The van der Waals surface area contributed by atoms with E-state index in [-0.39, 0.29) is 23.3 Å². The Morgan fingerprint density at radius 1 is 0.433 bits per heavy atom. The maximum atomic E-state index is 14.1. The van der Waals surface area contributed by atoms with E-state index in [0.29, 0.717) is 6.42 Å². The van der Waals surface area contributed by atoms with E-state index in [1.165, 1.54) is 24.3 Å². The summed E-state index contributed by atoms with van der Waals surface area (Å²) in [5.74, 6) is -5.96. The average molecular weight is 935 g/mol. The smallest absolute Gasteiger partial charge is 0.338 e. The molecule has 0 amide bonds. The molecule has 18 nitrogen and oxygen atoms in total. The molecule has 0 saturated carbocycles. The van der Waals surface area contributed by atoms with Crippen LogP contribution in [-0.4, -0.2) is 123 Å². The molecule has 0 aliphatic carbocycles. The predicted octanol–water partition coefficient (Wildman–Crippen LogP) is 5.86. The molecule has 0 spiro atoms. The van der Waals surface area contributed by atoms with Crippen LogP contribution in [0, 0.1) is 0 Å². The molecule has 3 aromatic carbocycles. The second kappa shape index (κ2) is 26.2. The Bertz CT molecular complexity index is 2080. The zero-order valence-corrected chi connectivity index (χ0v) is 38.1. The molecule has 2 saturated heterocycles. The number of unbranched alkanes of at least 4 members (excludes halogenated alkanes) is 5. The number of esters is 7. The molecule has 2 aliphatic heterocycles. The minimum Gasteiger partial charge on any atom is -0.463 e. The monoisotopic (exact) mass is 934 g/mol. The van der Waals surface area contributed by atoms with Gasteiger partial charge in [0, 0.05) is 34.3 Å². The predicted molar refractivity (Wildman–Crippen MR) is 233 cm³/mol. The quantitative estimate of drug-likeness (QED) is 0.0653. The standard InChI is InChI=1S/C49H58O18/c1-6-7-8-9-10-20-27-57-48-43(66-47(56)36-25-18-13-19-26-36)42(40(65-46(55)35-23-16-12-17-24-35)38(63-48)29-59-45(54)34-21-14-11-15-22-34)67-49-44(62-33(5)53)41(61-32(4)52)39(60-31(3)51)37(64-49)28-58-30(2)50/h11-19,21-26,37-44,48-49H,6-10,20,27-29H2,1-5H3/t37-,38-,39-,40-,41+,42+,43+,44+,48-,49-/m1/s1. The van der Waals surface area contributed by atoms with Crippen molar-refractivity contribution in [2.45, 2.75) is 135 Å². The van der Waals surface area contributed by atoms with Crippen LogP contribution in [0.25, 0.3) is 0 Å². The number of carbonyl (C=O) groups excluding carboxylic acids is 7. The molecule has 0 aromatic heterocycles. The third-order valence-corrected chi connectivity index (χ3v) is 10.5. The SMILES string of the molecule is CCCCCCCCO[C@@H]1O[C@H](COC(=O)c2ccccc2)[C@@H](OC(=O)c2ccccc2)[C@H](O[C@H]2O[C@H](COC(C)=O)[C@@H](OC(C)=O)[C@H](OC(C)=O)[C@@H]2OC(C)=O)[C@@H]1OC(=O)c1ccccc1. The van der Waals surface area contributed by atoms with Crippen molar-refractivity contribution in [3.05, 3.63) is 108 Å². The fourth-order valence-corrected chi connectivity index (χ4v) is 7.45. The maximum absolute atomic E-state index is 14.1. The third-order valence-electron chi connectivity index (χ3n) is 10.5. The van der Waals surface area contributed by atoms with E-state index in [1.807, 2.05) is 0 Å². The van der Waals surface area contributed by atoms with Gasteiger partial charge in [0.15, 0.2) is 43.1 Å². The van der Waals surface area contributed by atoms with Crippen LogP contribution in [0.4, 0.5) is 0 Å². The fraction of sp³-hybridized carbons (Fsp3) is 0.490. The van der Waals surface area contributed by atoms with Gasteiger partial charge in [-0.15, -0.1) is 0 Å². The van der Waals surface area contributed by atoms with Crippen LogP contribution >= 0.6 is 0 Å². The van der Waals surface area contributed by atoms with Crippen molar-refractivity contribution in [3.63, 3.8) is 0 Å². The number of hydrogen-bond acceptors (Lipinski definition) is 18. The first-order valence-corrected chi connectivity index (χ1v) is 22.2. The molecule has 10 atom stereocenters. The molecular weight excluding hydrogens is 877 g/mol. The van der Waals surface area contributed by atoms with Gasteiger partial charge in [-0.2, -0.15) is 0 Å². The van der Waals surface area contributed by atoms with Crippen molar-refractivity contribution in [3.8, 4) is 0 Å². The molecule has 0 unspecified atom stereocenters. The van der Waals surface area contributed by atoms with E-state index in [2.05, 4.69) is 6.92 Å². The first-order chi connectivity index (χ1) is 32.2. The van der Waals surface area contributed by atoms with Gasteiger partial charge in [-0.3, -0.25) is 19.2 Å². The number of benzene rings is 3. The molecule has 2 aliphatic rings. The molecule has 0 N–H and O–H groups in total. The summed E-state index contributed by atoms with van der Waals surface area (Å²) in [5, 5.41) is 0. The topological polar surface area (TPSA) is 221 Å². The van der Waals surface area contributed by atoms with E-state index < -0.39 is 116 Å². The summed E-state index contributed by atoms with van der Waals surface area (Å²) in [6.45, 7) is 5.35. The summed E-state index contributed by atoms with van der Waals surface area (Å²) in [7, 11) is 0. The van der Waals surface area contributed by atoms with E-state index in [4.69, 9.17) is 52.1 Å². The zero-order valence-electron chi connectivity index (χ0n) is 38.1. The second-order valence-electron chi connectivity index (χ2n) is 15.8. The van der Waals surface area contributed by atoms with E-state index in [1.54, 1.807) is 66.7 Å². The van der Waals surface area contributed by atoms with Crippen LogP contribution < -0.4 is 0 Å². The van der Waals surface area contributed by atoms with Gasteiger partial charge in [0.2, 0.25) is 0 Å². The summed E-state index contributed by atoms with van der Waals surface area (Å²) < 4.78 is 66.3. The lowest BCUT2D eigenvalue weighted by Gasteiger charge is -2.48. The molecule has 18 heteroatoms. The highest BCUT2D eigenvalue weighted by Crippen LogP contribution is 2.36. The van der Waals surface area contributed by atoms with E-state index in [0.717, 1.165) is 59.8 Å². The zero-order chi connectivity index (χ0) is 48.3. The summed E-state index contributed by atoms with van der Waals surface area (Å²) in [5.41, 5.74) is 0.403. The molecule has 67 heavy (non-hydrogen) atoms. The van der Waals surface area contributed by atoms with Gasteiger partial charge in [-0.05, 0) is 42.8 Å². The van der Waals surface area contributed by atoms with Crippen LogP contribution in [0.5, 0.6) is 0 Å². The largest absolute Gasteiger partial charge is 0.463 e. The third kappa shape index (κ3) is 15.7. The summed E-state index contributed by atoms with van der Waals surface area (Å²) in [6, 6.07) is 23.9. The van der Waals surface area contributed by atoms with Crippen LogP contribution in [-0.2, 0) is 71.3 Å². The Balaban J connectivity index is 1.66. The van der Waals surface area contributed by atoms with Gasteiger partial charge in [-0.1, -0.05) is 93.6 Å². The Kier molecular flexibility index (Phi) is 20.3. The van der Waals surface area contributed by atoms with E-state index >= 15 is 0 Å². The lowest BCUT2D eigenvalue weighted by molar-refractivity contribution is -0.359. The minimum absolute atomic E-state index is 0.0902. The van der Waals surface area contributed by atoms with Gasteiger partial charge in [0.1, 0.15) is 31.5 Å². The van der Waals surface area contributed by atoms with Crippen molar-refractivity contribution < 1.29 is 85.7 Å². The van der Waals surface area contributed by atoms with Crippen molar-refractivity contribution in [2.75, 3.05) is 19.8 Å². The highest BCUT2D eigenvalue weighted by Gasteiger charge is 2.58. The maximum Gasteiger partial charge on any atom is 0.338 e. The van der Waals surface area contributed by atoms with Crippen molar-refractivity contribution in [1.82, 2.24) is 0 Å². The van der Waals surface area contributed by atoms with Gasteiger partial charge in [0.05, 0.1) is 16.7 Å². The average Bonchev–Trinajstić information content (AvgIpc) is 3.31. The van der Waals surface area contributed by atoms with Crippen LogP contribution in [0.15, 0.2) is 91.0 Å². The Hall–Kier alpha value is -6.21. The fourth-order valence-electron chi connectivity index (χ4n) is 7.45. The number of rotatable bonds is 22. The molecular formula is C49H58O18. The van der Waals surface area contributed by atoms with Crippen LogP contribution in [0.1, 0.15) is 104 Å². The first kappa shape index (κ1) is 51.8. The second-order valence-corrected chi connectivity index (χ2v) is 15.8. The van der Waals surface area contributed by atoms with Crippen molar-refractivity contribution in [2.24, 2.45) is 0 Å². The number of hydrogen-bond donors (Lipinski definition) is 0. The number of ether oxygens (including phenoxy) is 11. The normalized spacial score (nSPS) is 24.6. The molecule has 3 aromatic rings. The van der Waals surface area contributed by atoms with Crippen molar-refractivity contribution in [1.29, 1.82) is 0 Å². The molecule has 2 heterocycles. The van der Waals surface area contributed by atoms with E-state index in [9.17, 15) is 33.6 Å². The van der Waals surface area contributed by atoms with Crippen LogP contribution in [0.2, 0.25) is 0 Å². The molecule has 0 bridgehead atoms. The molecule has 5 rings (SSSR count). The van der Waals surface area contributed by atoms with Crippen LogP contribution in [0.3, 0.4) is 0 Å². The van der Waals surface area contributed by atoms with Gasteiger partial charge in [-0.25, -0.2) is 14.4 Å². The number of carbonyl (C=O) groups is 7. The Morgan fingerprint density at radius 3 is 1.37 bits per heavy atom. The highest BCUT2D eigenvalue weighted by molar-refractivity contribution is 5.90. The highest BCUT2D eigenvalue weighted by atomic mass is 16.8. The summed E-state index contributed by atoms with van der Waals surface area (Å²) in [4.78, 5) is 91.8. The van der Waals surface area contributed by atoms with Crippen molar-refractivity contribution >= 4 is 41.8 Å². The Labute approximate surface area is 388 Å². The molecule has 0 radical (unpaired) electrons. The summed E-state index contributed by atoms with van der Waals surface area (Å²) in [6.07, 6.45) is -10.8.